The summed E-state index contributed by atoms with van der Waals surface area (Å²) in [5.74, 6) is -0.761. The first-order valence-electron chi connectivity index (χ1n) is 10.1. The molecule has 0 heterocycles. The molecular formula is C25H25FN2O2S. The van der Waals surface area contributed by atoms with Crippen molar-refractivity contribution < 1.29 is 14.0 Å². The number of aryl methyl sites for hydroxylation is 1. The predicted molar refractivity (Wildman–Crippen MR) is 125 cm³/mol. The zero-order chi connectivity index (χ0) is 22.4. The lowest BCUT2D eigenvalue weighted by atomic mass is 10.1. The van der Waals surface area contributed by atoms with Crippen LogP contribution < -0.4 is 10.6 Å². The van der Waals surface area contributed by atoms with Crippen LogP contribution in [0.5, 0.6) is 0 Å². The highest BCUT2D eigenvalue weighted by Crippen LogP contribution is 2.29. The normalized spacial score (nSPS) is 11.6. The summed E-state index contributed by atoms with van der Waals surface area (Å²) in [5.41, 5.74) is 4.00. The number of nitrogens with one attached hydrogen (secondary N) is 2. The summed E-state index contributed by atoms with van der Waals surface area (Å²) in [6, 6.07) is 18.6. The van der Waals surface area contributed by atoms with Crippen molar-refractivity contribution in [3.63, 3.8) is 0 Å². The van der Waals surface area contributed by atoms with Gasteiger partial charge >= 0.3 is 0 Å². The smallest absolute Gasteiger partial charge is 0.255 e. The van der Waals surface area contributed by atoms with E-state index in [0.29, 0.717) is 17.7 Å². The summed E-state index contributed by atoms with van der Waals surface area (Å²) < 4.78 is 13.1. The lowest BCUT2D eigenvalue weighted by Gasteiger charge is -2.17. The minimum absolute atomic E-state index is 0.0537. The van der Waals surface area contributed by atoms with E-state index in [4.69, 9.17) is 0 Å². The minimum atomic E-state index is -0.389. The molecule has 0 aliphatic heterocycles. The maximum atomic E-state index is 13.1. The molecule has 31 heavy (non-hydrogen) atoms. The fourth-order valence-electron chi connectivity index (χ4n) is 3.04. The number of thioether (sulfide) groups is 1. The van der Waals surface area contributed by atoms with Gasteiger partial charge < -0.3 is 10.6 Å². The Bertz CT molecular complexity index is 1080. The average Bonchev–Trinajstić information content (AvgIpc) is 2.76. The molecule has 1 unspecified atom stereocenters. The zero-order valence-corrected chi connectivity index (χ0v) is 18.6. The Kier molecular flexibility index (Phi) is 7.47. The van der Waals surface area contributed by atoms with E-state index in [-0.39, 0.29) is 22.9 Å². The third-order valence-electron chi connectivity index (χ3n) is 5.00. The summed E-state index contributed by atoms with van der Waals surface area (Å²) in [6.45, 7) is 5.98. The van der Waals surface area contributed by atoms with Crippen LogP contribution in [0, 0.1) is 19.7 Å². The van der Waals surface area contributed by atoms with Gasteiger partial charge in [-0.15, -0.1) is 11.8 Å². The Balaban J connectivity index is 1.68. The molecule has 0 saturated heterocycles. The third kappa shape index (κ3) is 5.95. The highest BCUT2D eigenvalue weighted by molar-refractivity contribution is 8.00. The van der Waals surface area contributed by atoms with E-state index < -0.39 is 0 Å². The van der Waals surface area contributed by atoms with Gasteiger partial charge in [0.15, 0.2) is 0 Å². The van der Waals surface area contributed by atoms with Crippen molar-refractivity contribution in [2.45, 2.75) is 37.3 Å². The van der Waals surface area contributed by atoms with Crippen LogP contribution in [0.2, 0.25) is 0 Å². The summed E-state index contributed by atoms with van der Waals surface area (Å²) in [6.07, 6.45) is 0.660. The van der Waals surface area contributed by atoms with Gasteiger partial charge in [0.25, 0.3) is 5.91 Å². The molecule has 2 N–H and O–H groups in total. The summed E-state index contributed by atoms with van der Waals surface area (Å²) in [7, 11) is 0. The van der Waals surface area contributed by atoms with Gasteiger partial charge in [-0.1, -0.05) is 25.1 Å². The number of rotatable bonds is 7. The van der Waals surface area contributed by atoms with Crippen molar-refractivity contribution in [3.8, 4) is 0 Å². The van der Waals surface area contributed by atoms with Crippen molar-refractivity contribution >= 4 is 35.0 Å². The number of anilines is 2. The van der Waals surface area contributed by atoms with Gasteiger partial charge in [-0.3, -0.25) is 9.59 Å². The first-order chi connectivity index (χ1) is 14.9. The number of amides is 2. The molecule has 0 aliphatic carbocycles. The highest BCUT2D eigenvalue weighted by atomic mass is 32.2. The SMILES string of the molecule is CCC(Sc1cccc(NC(=O)c2ccc(F)cc2)c1)C(=O)Nc1cccc(C)c1C. The van der Waals surface area contributed by atoms with Crippen LogP contribution in [0.1, 0.15) is 34.8 Å². The van der Waals surface area contributed by atoms with Crippen molar-refractivity contribution in [3.05, 3.63) is 89.2 Å². The molecule has 0 aromatic heterocycles. The Morgan fingerprint density at radius 1 is 0.968 bits per heavy atom. The lowest BCUT2D eigenvalue weighted by Crippen LogP contribution is -2.25. The first kappa shape index (κ1) is 22.6. The van der Waals surface area contributed by atoms with Gasteiger partial charge in [0.05, 0.1) is 5.25 Å². The fourth-order valence-corrected chi connectivity index (χ4v) is 4.05. The number of carbonyl (C=O) groups excluding carboxylic acids is 2. The van der Waals surface area contributed by atoms with Gasteiger partial charge in [-0.2, -0.15) is 0 Å². The predicted octanol–water partition coefficient (Wildman–Crippen LogP) is 6.20. The largest absolute Gasteiger partial charge is 0.325 e. The molecule has 3 aromatic rings. The lowest BCUT2D eigenvalue weighted by molar-refractivity contribution is -0.115. The number of hydrogen-bond acceptors (Lipinski definition) is 3. The van der Waals surface area contributed by atoms with Crippen molar-refractivity contribution in [1.82, 2.24) is 0 Å². The Morgan fingerprint density at radius 3 is 2.39 bits per heavy atom. The molecule has 2 amide bonds. The Labute approximate surface area is 186 Å². The molecular weight excluding hydrogens is 411 g/mol. The number of carbonyl (C=O) groups is 2. The van der Waals surface area contributed by atoms with Crippen LogP contribution in [0.25, 0.3) is 0 Å². The molecule has 4 nitrogen and oxygen atoms in total. The number of hydrogen-bond donors (Lipinski definition) is 2. The zero-order valence-electron chi connectivity index (χ0n) is 17.7. The van der Waals surface area contributed by atoms with Gasteiger partial charge in [-0.25, -0.2) is 4.39 Å². The monoisotopic (exact) mass is 436 g/mol. The van der Waals surface area contributed by atoms with Crippen LogP contribution >= 0.6 is 11.8 Å². The molecule has 0 bridgehead atoms. The molecule has 0 spiro atoms. The molecule has 0 fully saturated rings. The second-order valence-electron chi connectivity index (χ2n) is 7.24. The molecule has 3 aromatic carbocycles. The minimum Gasteiger partial charge on any atom is -0.325 e. The standard InChI is InChI=1S/C25H25FN2O2S/c1-4-23(25(30)28-22-10-5-7-16(2)17(22)3)31-21-9-6-8-20(15-21)27-24(29)18-11-13-19(26)14-12-18/h5-15,23H,4H2,1-3H3,(H,27,29)(H,28,30). The molecule has 0 radical (unpaired) electrons. The molecule has 160 valence electrons. The second kappa shape index (κ2) is 10.3. The molecule has 0 aliphatic rings. The van der Waals surface area contributed by atoms with Crippen molar-refractivity contribution in [2.24, 2.45) is 0 Å². The topological polar surface area (TPSA) is 58.2 Å². The van der Waals surface area contributed by atoms with Crippen LogP contribution in [-0.4, -0.2) is 17.1 Å². The average molecular weight is 437 g/mol. The molecule has 6 heteroatoms. The van der Waals surface area contributed by atoms with Crippen LogP contribution in [0.15, 0.2) is 71.6 Å². The van der Waals surface area contributed by atoms with Crippen LogP contribution in [0.3, 0.4) is 0 Å². The van der Waals surface area contributed by atoms with E-state index in [2.05, 4.69) is 10.6 Å². The number of halogens is 1. The van der Waals surface area contributed by atoms with Crippen molar-refractivity contribution in [2.75, 3.05) is 10.6 Å². The van der Waals surface area contributed by atoms with E-state index in [0.717, 1.165) is 21.7 Å². The van der Waals surface area contributed by atoms with E-state index in [1.165, 1.54) is 36.0 Å². The maximum Gasteiger partial charge on any atom is 0.255 e. The maximum absolute atomic E-state index is 13.1. The van der Waals surface area contributed by atoms with E-state index in [1.54, 1.807) is 6.07 Å². The molecule has 1 atom stereocenters. The molecule has 3 rings (SSSR count). The van der Waals surface area contributed by atoms with Gasteiger partial charge in [0.1, 0.15) is 5.82 Å². The molecule has 0 saturated carbocycles. The van der Waals surface area contributed by atoms with Gasteiger partial charge in [-0.05, 0) is 79.9 Å². The summed E-state index contributed by atoms with van der Waals surface area (Å²) in [5, 5.41) is 5.58. The van der Waals surface area contributed by atoms with E-state index in [1.807, 2.05) is 57.2 Å². The number of benzene rings is 3. The summed E-state index contributed by atoms with van der Waals surface area (Å²) >= 11 is 1.45. The Hall–Kier alpha value is -3.12. The van der Waals surface area contributed by atoms with Crippen molar-refractivity contribution in [1.29, 1.82) is 0 Å². The van der Waals surface area contributed by atoms with E-state index >= 15 is 0 Å². The van der Waals surface area contributed by atoms with E-state index in [9.17, 15) is 14.0 Å². The Morgan fingerprint density at radius 2 is 1.68 bits per heavy atom. The fraction of sp³-hybridized carbons (Fsp3) is 0.200. The second-order valence-corrected chi connectivity index (χ2v) is 8.52. The quantitative estimate of drug-likeness (QED) is 0.433. The van der Waals surface area contributed by atoms with Crippen LogP contribution in [-0.2, 0) is 4.79 Å². The van der Waals surface area contributed by atoms with Crippen LogP contribution in [0.4, 0.5) is 15.8 Å². The third-order valence-corrected chi connectivity index (χ3v) is 6.36. The van der Waals surface area contributed by atoms with Gasteiger partial charge in [0.2, 0.25) is 5.91 Å². The van der Waals surface area contributed by atoms with Gasteiger partial charge in [0, 0.05) is 21.8 Å². The summed E-state index contributed by atoms with van der Waals surface area (Å²) in [4.78, 5) is 26.1. The first-order valence-corrected chi connectivity index (χ1v) is 11.0. The highest BCUT2D eigenvalue weighted by Gasteiger charge is 2.19.